The number of anilines is 1. The number of methoxy groups -OCH3 is 2. The molecule has 0 heterocycles. The molecule has 26 heavy (non-hydrogen) atoms. The minimum absolute atomic E-state index is 0.0270. The average molecular weight is 357 g/mol. The van der Waals surface area contributed by atoms with Crippen LogP contribution in [0.25, 0.3) is 0 Å². The Morgan fingerprint density at radius 3 is 2.19 bits per heavy atom. The summed E-state index contributed by atoms with van der Waals surface area (Å²) in [5, 5.41) is 12.4. The van der Waals surface area contributed by atoms with Crippen molar-refractivity contribution in [1.82, 2.24) is 0 Å². The summed E-state index contributed by atoms with van der Waals surface area (Å²) >= 11 is 0. The van der Waals surface area contributed by atoms with Gasteiger partial charge in [0.2, 0.25) is 5.91 Å². The Kier molecular flexibility index (Phi) is 6.32. The van der Waals surface area contributed by atoms with Crippen LogP contribution in [0.2, 0.25) is 0 Å². The highest BCUT2D eigenvalue weighted by molar-refractivity contribution is 6.00. The molecule has 2 N–H and O–H groups in total. The summed E-state index contributed by atoms with van der Waals surface area (Å²) in [5.74, 6) is -0.808. The zero-order valence-electron chi connectivity index (χ0n) is 14.4. The lowest BCUT2D eigenvalue weighted by molar-refractivity contribution is -0.116. The number of nitrogens with one attached hydrogen (secondary N) is 1. The maximum Gasteiger partial charge on any atom is 0.337 e. The van der Waals surface area contributed by atoms with Gasteiger partial charge < -0.3 is 19.9 Å². The van der Waals surface area contributed by atoms with Crippen molar-refractivity contribution in [1.29, 1.82) is 0 Å². The van der Waals surface area contributed by atoms with E-state index in [-0.39, 0.29) is 35.6 Å². The fourth-order valence-electron chi connectivity index (χ4n) is 2.24. The van der Waals surface area contributed by atoms with Crippen LogP contribution >= 0.6 is 0 Å². The van der Waals surface area contributed by atoms with Crippen LogP contribution in [-0.2, 0) is 9.53 Å². The summed E-state index contributed by atoms with van der Waals surface area (Å²) in [5.41, 5.74) is 0.807. The van der Waals surface area contributed by atoms with E-state index in [9.17, 15) is 19.5 Å². The Balaban J connectivity index is 1.92. The molecule has 7 nitrogen and oxygen atoms in total. The van der Waals surface area contributed by atoms with Crippen molar-refractivity contribution in [3.05, 3.63) is 53.6 Å². The number of rotatable bonds is 7. The highest BCUT2D eigenvalue weighted by atomic mass is 16.5. The van der Waals surface area contributed by atoms with Crippen LogP contribution in [0.4, 0.5) is 5.69 Å². The molecule has 0 fully saturated rings. The van der Waals surface area contributed by atoms with Gasteiger partial charge in [0.25, 0.3) is 0 Å². The van der Waals surface area contributed by atoms with Crippen molar-refractivity contribution in [3.8, 4) is 11.5 Å². The van der Waals surface area contributed by atoms with Crippen LogP contribution in [-0.4, -0.2) is 37.0 Å². The summed E-state index contributed by atoms with van der Waals surface area (Å²) in [6.45, 7) is 0. The van der Waals surface area contributed by atoms with Gasteiger partial charge >= 0.3 is 5.97 Å². The second-order valence-corrected chi connectivity index (χ2v) is 5.42. The van der Waals surface area contributed by atoms with E-state index in [4.69, 9.17) is 4.74 Å². The Hall–Kier alpha value is -3.35. The van der Waals surface area contributed by atoms with Gasteiger partial charge in [-0.05, 0) is 42.5 Å². The van der Waals surface area contributed by atoms with E-state index in [1.807, 2.05) is 0 Å². The van der Waals surface area contributed by atoms with Crippen LogP contribution < -0.4 is 10.1 Å². The van der Waals surface area contributed by atoms with E-state index in [2.05, 4.69) is 10.1 Å². The van der Waals surface area contributed by atoms with Gasteiger partial charge in [-0.15, -0.1) is 0 Å². The standard InChI is InChI=1S/C19H19NO6/c1-25-14-6-3-12(4-7-14)16(21)9-10-18(23)20-15-8-5-13(11-17(15)22)19(24)26-2/h3-8,11,22H,9-10H2,1-2H3,(H,20,23). The molecule has 0 saturated carbocycles. The molecule has 136 valence electrons. The highest BCUT2D eigenvalue weighted by Gasteiger charge is 2.13. The van der Waals surface area contributed by atoms with Crippen molar-refractivity contribution >= 4 is 23.3 Å². The minimum Gasteiger partial charge on any atom is -0.506 e. The first-order chi connectivity index (χ1) is 12.4. The van der Waals surface area contributed by atoms with E-state index in [1.165, 1.54) is 32.4 Å². The molecule has 0 aliphatic carbocycles. The molecule has 0 aliphatic rings. The first kappa shape index (κ1) is 19.0. The molecule has 7 heteroatoms. The van der Waals surface area contributed by atoms with Crippen LogP contribution in [0.5, 0.6) is 11.5 Å². The Labute approximate surface area is 150 Å². The van der Waals surface area contributed by atoms with Gasteiger partial charge in [-0.2, -0.15) is 0 Å². The molecule has 0 spiro atoms. The largest absolute Gasteiger partial charge is 0.506 e. The van der Waals surface area contributed by atoms with Crippen molar-refractivity contribution in [3.63, 3.8) is 0 Å². The Morgan fingerprint density at radius 2 is 1.62 bits per heavy atom. The van der Waals surface area contributed by atoms with Crippen molar-refractivity contribution < 1.29 is 29.0 Å². The highest BCUT2D eigenvalue weighted by Crippen LogP contribution is 2.25. The molecular formula is C19H19NO6. The predicted molar refractivity (Wildman–Crippen MR) is 94.6 cm³/mol. The van der Waals surface area contributed by atoms with Gasteiger partial charge in [-0.25, -0.2) is 4.79 Å². The molecule has 0 atom stereocenters. The zero-order valence-corrected chi connectivity index (χ0v) is 14.4. The number of hydrogen-bond donors (Lipinski definition) is 2. The Bertz CT molecular complexity index is 813. The second-order valence-electron chi connectivity index (χ2n) is 5.42. The smallest absolute Gasteiger partial charge is 0.337 e. The number of phenolic OH excluding ortho intramolecular Hbond substituents is 1. The summed E-state index contributed by atoms with van der Waals surface area (Å²) < 4.78 is 9.58. The Morgan fingerprint density at radius 1 is 0.962 bits per heavy atom. The molecular weight excluding hydrogens is 338 g/mol. The van der Waals surface area contributed by atoms with Crippen LogP contribution in [0.1, 0.15) is 33.6 Å². The third kappa shape index (κ3) is 4.83. The summed E-state index contributed by atoms with van der Waals surface area (Å²) in [7, 11) is 2.77. The van der Waals surface area contributed by atoms with Crippen LogP contribution in [0, 0.1) is 0 Å². The fourth-order valence-corrected chi connectivity index (χ4v) is 2.24. The van der Waals surface area contributed by atoms with Crippen LogP contribution in [0.3, 0.4) is 0 Å². The van der Waals surface area contributed by atoms with E-state index in [0.29, 0.717) is 11.3 Å². The quantitative estimate of drug-likeness (QED) is 0.449. The van der Waals surface area contributed by atoms with Crippen molar-refractivity contribution in [2.75, 3.05) is 19.5 Å². The monoisotopic (exact) mass is 357 g/mol. The number of Topliss-reactive ketones (excluding diaryl/α,β-unsaturated/α-hetero) is 1. The second kappa shape index (κ2) is 8.66. The first-order valence-corrected chi connectivity index (χ1v) is 7.83. The minimum atomic E-state index is -0.594. The molecule has 2 aromatic carbocycles. The molecule has 0 aromatic heterocycles. The lowest BCUT2D eigenvalue weighted by atomic mass is 10.1. The molecule has 0 radical (unpaired) electrons. The normalized spacial score (nSPS) is 10.1. The third-order valence-electron chi connectivity index (χ3n) is 3.68. The molecule has 0 saturated heterocycles. The SMILES string of the molecule is COC(=O)c1ccc(NC(=O)CCC(=O)c2ccc(OC)cc2)c(O)c1. The van der Waals surface area contributed by atoms with Crippen LogP contribution in [0.15, 0.2) is 42.5 Å². The molecule has 0 aliphatic heterocycles. The average Bonchev–Trinajstić information content (AvgIpc) is 2.67. The maximum absolute atomic E-state index is 12.1. The summed E-state index contributed by atoms with van der Waals surface area (Å²) in [4.78, 5) is 35.5. The molecule has 1 amide bonds. The molecule has 2 rings (SSSR count). The number of ketones is 1. The number of carbonyl (C=O) groups is 3. The zero-order chi connectivity index (χ0) is 19.1. The van der Waals surface area contributed by atoms with E-state index < -0.39 is 11.9 Å². The van der Waals surface area contributed by atoms with Crippen molar-refractivity contribution in [2.45, 2.75) is 12.8 Å². The van der Waals surface area contributed by atoms with E-state index in [0.717, 1.165) is 0 Å². The number of phenols is 1. The fraction of sp³-hybridized carbons (Fsp3) is 0.211. The maximum atomic E-state index is 12.1. The number of amides is 1. The van der Waals surface area contributed by atoms with E-state index in [1.54, 1.807) is 24.3 Å². The number of hydrogen-bond acceptors (Lipinski definition) is 6. The number of aromatic hydroxyl groups is 1. The van der Waals surface area contributed by atoms with Gasteiger partial charge in [0, 0.05) is 18.4 Å². The van der Waals surface area contributed by atoms with E-state index >= 15 is 0 Å². The number of carbonyl (C=O) groups excluding carboxylic acids is 3. The number of esters is 1. The van der Waals surface area contributed by atoms with Gasteiger partial charge in [0.15, 0.2) is 5.78 Å². The summed E-state index contributed by atoms with van der Waals surface area (Å²) in [6.07, 6.45) is -0.0117. The number of benzene rings is 2. The molecule has 0 bridgehead atoms. The molecule has 2 aromatic rings. The van der Waals surface area contributed by atoms with Gasteiger partial charge in [0.05, 0.1) is 25.5 Å². The number of ether oxygens (including phenoxy) is 2. The van der Waals surface area contributed by atoms with Gasteiger partial charge in [-0.1, -0.05) is 0 Å². The summed E-state index contributed by atoms with van der Waals surface area (Å²) in [6, 6.07) is 10.6. The third-order valence-corrected chi connectivity index (χ3v) is 3.68. The topological polar surface area (TPSA) is 102 Å². The lowest BCUT2D eigenvalue weighted by Gasteiger charge is -2.08. The lowest BCUT2D eigenvalue weighted by Crippen LogP contribution is -2.14. The van der Waals surface area contributed by atoms with Gasteiger partial charge in [-0.3, -0.25) is 9.59 Å². The van der Waals surface area contributed by atoms with Gasteiger partial charge in [0.1, 0.15) is 11.5 Å². The van der Waals surface area contributed by atoms with Crippen molar-refractivity contribution in [2.24, 2.45) is 0 Å². The predicted octanol–water partition coefficient (Wildman–Crippen LogP) is 2.79. The molecule has 0 unspecified atom stereocenters. The first-order valence-electron chi connectivity index (χ1n) is 7.83.